The van der Waals surface area contributed by atoms with Crippen LogP contribution in [0.1, 0.15) is 39.0 Å². The van der Waals surface area contributed by atoms with Gasteiger partial charge in [-0.1, -0.05) is 32.0 Å². The van der Waals surface area contributed by atoms with Crippen molar-refractivity contribution in [2.45, 2.75) is 39.0 Å². The summed E-state index contributed by atoms with van der Waals surface area (Å²) in [5, 5.41) is 0. The van der Waals surface area contributed by atoms with E-state index in [0.717, 1.165) is 6.42 Å². The van der Waals surface area contributed by atoms with Crippen molar-refractivity contribution in [1.82, 2.24) is 0 Å². The van der Waals surface area contributed by atoms with E-state index in [9.17, 15) is 0 Å². The van der Waals surface area contributed by atoms with Crippen LogP contribution in [0.15, 0.2) is 0 Å². The van der Waals surface area contributed by atoms with Gasteiger partial charge >= 0.3 is 0 Å². The van der Waals surface area contributed by atoms with Crippen molar-refractivity contribution >= 4 is 17.2 Å². The summed E-state index contributed by atoms with van der Waals surface area (Å²) in [6.45, 7) is 2.23. The highest BCUT2D eigenvalue weighted by Crippen LogP contribution is 2.46. The second kappa shape index (κ2) is 2.87. The maximum absolute atomic E-state index is 5.50. The van der Waals surface area contributed by atoms with Gasteiger partial charge in [0.15, 0.2) is 0 Å². The Kier molecular flexibility index (Phi) is 2.29. The first-order valence-corrected chi connectivity index (χ1v) is 4.38. The van der Waals surface area contributed by atoms with E-state index in [1.54, 1.807) is 0 Å². The Bertz CT molecular complexity index is 133. The molecular weight excluding hydrogens is 142 g/mol. The van der Waals surface area contributed by atoms with E-state index < -0.39 is 0 Å². The molecule has 1 rings (SSSR count). The first kappa shape index (κ1) is 7.99. The minimum Gasteiger partial charge on any atom is -0.393 e. The predicted octanol–water partition coefficient (Wildman–Crippen LogP) is 2.24. The molecule has 0 aromatic carbocycles. The molecule has 1 aliphatic rings. The van der Waals surface area contributed by atoms with Crippen LogP contribution in [-0.4, -0.2) is 4.99 Å². The molecule has 0 spiro atoms. The lowest BCUT2D eigenvalue weighted by atomic mass is 9.65. The third kappa shape index (κ3) is 1.48. The molecular formula is C8H15NS. The molecule has 0 aliphatic heterocycles. The maximum atomic E-state index is 5.50. The van der Waals surface area contributed by atoms with E-state index in [1.165, 1.54) is 25.7 Å². The Balaban J connectivity index is 2.40. The van der Waals surface area contributed by atoms with Crippen LogP contribution in [0, 0.1) is 5.41 Å². The Labute approximate surface area is 68.0 Å². The highest BCUT2D eigenvalue weighted by Gasteiger charge is 2.35. The van der Waals surface area contributed by atoms with Crippen LogP contribution >= 0.6 is 12.2 Å². The molecule has 1 fully saturated rings. The molecule has 0 aromatic rings. The molecule has 1 saturated carbocycles. The van der Waals surface area contributed by atoms with Crippen molar-refractivity contribution in [2.75, 3.05) is 0 Å². The van der Waals surface area contributed by atoms with E-state index in [-0.39, 0.29) is 0 Å². The SMILES string of the molecule is CCC1(CC(N)=S)CCC1. The van der Waals surface area contributed by atoms with Gasteiger partial charge in [-0.05, 0) is 18.3 Å². The number of thiocarbonyl (C=S) groups is 1. The summed E-state index contributed by atoms with van der Waals surface area (Å²) in [5.41, 5.74) is 6.01. The van der Waals surface area contributed by atoms with E-state index in [2.05, 4.69) is 6.92 Å². The van der Waals surface area contributed by atoms with Gasteiger partial charge in [-0.25, -0.2) is 0 Å². The summed E-state index contributed by atoms with van der Waals surface area (Å²) in [6, 6.07) is 0. The van der Waals surface area contributed by atoms with Crippen LogP contribution in [0.4, 0.5) is 0 Å². The lowest BCUT2D eigenvalue weighted by molar-refractivity contribution is 0.138. The molecule has 0 aromatic heterocycles. The van der Waals surface area contributed by atoms with Gasteiger partial charge in [-0.15, -0.1) is 0 Å². The molecule has 0 amide bonds. The van der Waals surface area contributed by atoms with Crippen LogP contribution in [0.2, 0.25) is 0 Å². The largest absolute Gasteiger partial charge is 0.393 e. The quantitative estimate of drug-likeness (QED) is 0.636. The molecule has 1 aliphatic carbocycles. The van der Waals surface area contributed by atoms with Crippen molar-refractivity contribution in [2.24, 2.45) is 11.1 Å². The highest BCUT2D eigenvalue weighted by atomic mass is 32.1. The van der Waals surface area contributed by atoms with Gasteiger partial charge in [0.2, 0.25) is 0 Å². The first-order chi connectivity index (χ1) is 4.68. The maximum Gasteiger partial charge on any atom is 0.0732 e. The third-order valence-electron chi connectivity index (χ3n) is 2.71. The lowest BCUT2D eigenvalue weighted by Gasteiger charge is -2.41. The average molecular weight is 157 g/mol. The zero-order chi connectivity index (χ0) is 7.61. The molecule has 58 valence electrons. The molecule has 0 radical (unpaired) electrons. The molecule has 0 saturated heterocycles. The molecule has 0 unspecified atom stereocenters. The molecule has 0 bridgehead atoms. The van der Waals surface area contributed by atoms with Gasteiger partial charge in [-0.3, -0.25) is 0 Å². The number of nitrogens with two attached hydrogens (primary N) is 1. The normalized spacial score (nSPS) is 21.7. The van der Waals surface area contributed by atoms with Crippen molar-refractivity contribution < 1.29 is 0 Å². The summed E-state index contributed by atoms with van der Waals surface area (Å²) < 4.78 is 0. The Morgan fingerprint density at radius 3 is 2.30 bits per heavy atom. The second-order valence-corrected chi connectivity index (χ2v) is 3.87. The van der Waals surface area contributed by atoms with Crippen LogP contribution in [-0.2, 0) is 0 Å². The van der Waals surface area contributed by atoms with Crippen LogP contribution in [0.3, 0.4) is 0 Å². The van der Waals surface area contributed by atoms with E-state index >= 15 is 0 Å². The fourth-order valence-electron chi connectivity index (χ4n) is 1.70. The summed E-state index contributed by atoms with van der Waals surface area (Å²) in [4.78, 5) is 0.696. The standard InChI is InChI=1S/C8H15NS/c1-2-8(4-3-5-8)6-7(9)10/h2-6H2,1H3,(H2,9,10). The second-order valence-electron chi connectivity index (χ2n) is 3.35. The Hall–Kier alpha value is -0.110. The van der Waals surface area contributed by atoms with Crippen LogP contribution in [0.5, 0.6) is 0 Å². The Morgan fingerprint density at radius 2 is 2.20 bits per heavy atom. The van der Waals surface area contributed by atoms with Gasteiger partial charge < -0.3 is 5.73 Å². The predicted molar refractivity (Wildman–Crippen MR) is 48.0 cm³/mol. The molecule has 0 heterocycles. The molecule has 1 nitrogen and oxygen atoms in total. The molecule has 0 atom stereocenters. The summed E-state index contributed by atoms with van der Waals surface area (Å²) in [5.74, 6) is 0. The number of hydrogen-bond acceptors (Lipinski definition) is 1. The summed E-state index contributed by atoms with van der Waals surface area (Å²) in [6.07, 6.45) is 6.25. The van der Waals surface area contributed by atoms with Crippen molar-refractivity contribution in [3.8, 4) is 0 Å². The van der Waals surface area contributed by atoms with E-state index in [4.69, 9.17) is 18.0 Å². The fraction of sp³-hybridized carbons (Fsp3) is 0.875. The monoisotopic (exact) mass is 157 g/mol. The number of rotatable bonds is 3. The van der Waals surface area contributed by atoms with Gasteiger partial charge in [0.1, 0.15) is 0 Å². The van der Waals surface area contributed by atoms with Gasteiger partial charge in [0.25, 0.3) is 0 Å². The fourth-order valence-corrected chi connectivity index (χ4v) is 2.01. The van der Waals surface area contributed by atoms with E-state index in [1.807, 2.05) is 0 Å². The minimum atomic E-state index is 0.520. The summed E-state index contributed by atoms with van der Waals surface area (Å²) >= 11 is 4.89. The zero-order valence-electron chi connectivity index (χ0n) is 6.52. The van der Waals surface area contributed by atoms with Crippen LogP contribution in [0.25, 0.3) is 0 Å². The molecule has 2 N–H and O–H groups in total. The Morgan fingerprint density at radius 1 is 1.60 bits per heavy atom. The minimum absolute atomic E-state index is 0.520. The molecule has 2 heteroatoms. The van der Waals surface area contributed by atoms with Gasteiger partial charge in [-0.2, -0.15) is 0 Å². The van der Waals surface area contributed by atoms with Gasteiger partial charge in [0, 0.05) is 6.42 Å². The van der Waals surface area contributed by atoms with E-state index in [0.29, 0.717) is 10.4 Å². The van der Waals surface area contributed by atoms with Crippen molar-refractivity contribution in [1.29, 1.82) is 0 Å². The zero-order valence-corrected chi connectivity index (χ0v) is 7.34. The van der Waals surface area contributed by atoms with Crippen molar-refractivity contribution in [3.05, 3.63) is 0 Å². The van der Waals surface area contributed by atoms with Crippen molar-refractivity contribution in [3.63, 3.8) is 0 Å². The van der Waals surface area contributed by atoms with Gasteiger partial charge in [0.05, 0.1) is 4.99 Å². The summed E-state index contributed by atoms with van der Waals surface area (Å²) in [7, 11) is 0. The highest BCUT2D eigenvalue weighted by molar-refractivity contribution is 7.80. The third-order valence-corrected chi connectivity index (χ3v) is 2.86. The lowest BCUT2D eigenvalue weighted by Crippen LogP contribution is -2.32. The smallest absolute Gasteiger partial charge is 0.0732 e. The first-order valence-electron chi connectivity index (χ1n) is 3.97. The molecule has 10 heavy (non-hydrogen) atoms. The average Bonchev–Trinajstić information content (AvgIpc) is 1.78. The van der Waals surface area contributed by atoms with Crippen LogP contribution < -0.4 is 5.73 Å². The topological polar surface area (TPSA) is 26.0 Å². The number of hydrogen-bond donors (Lipinski definition) is 1.